The third kappa shape index (κ3) is 5.70. The smallest absolute Gasteiger partial charge is 0.269 e. The van der Waals surface area contributed by atoms with Crippen molar-refractivity contribution >= 4 is 38.4 Å². The number of aryl methyl sites for hydroxylation is 1. The maximum Gasteiger partial charge on any atom is 0.269 e. The van der Waals surface area contributed by atoms with Crippen LogP contribution in [0.3, 0.4) is 0 Å². The first-order chi connectivity index (χ1) is 19.9. The molecule has 10 nitrogen and oxygen atoms in total. The van der Waals surface area contributed by atoms with Crippen molar-refractivity contribution in [1.29, 1.82) is 0 Å². The van der Waals surface area contributed by atoms with Crippen LogP contribution in [-0.2, 0) is 39.6 Å². The van der Waals surface area contributed by atoms with Gasteiger partial charge in [0.2, 0.25) is 0 Å². The van der Waals surface area contributed by atoms with Crippen molar-refractivity contribution in [3.8, 4) is 0 Å². The molecule has 0 amide bonds. The predicted molar refractivity (Wildman–Crippen MR) is 158 cm³/mol. The van der Waals surface area contributed by atoms with Crippen molar-refractivity contribution in [2.45, 2.75) is 43.7 Å². The van der Waals surface area contributed by atoms with Gasteiger partial charge in [0, 0.05) is 69.9 Å². The van der Waals surface area contributed by atoms with E-state index in [4.69, 9.17) is 4.98 Å². The summed E-state index contributed by atoms with van der Waals surface area (Å²) in [5, 5.41) is 0.716. The van der Waals surface area contributed by atoms with E-state index < -0.39 is 10.0 Å². The number of aromatic nitrogens is 5. The molecule has 0 spiro atoms. The number of benzene rings is 1. The Bertz CT molecular complexity index is 1730. The lowest BCUT2D eigenvalue weighted by molar-refractivity contribution is -0.107. The number of ether oxygens (including phenoxy) is 1. The van der Waals surface area contributed by atoms with Crippen LogP contribution < -0.4 is 0 Å². The second-order valence-corrected chi connectivity index (χ2v) is 11.9. The molecule has 0 N–H and O–H groups in total. The summed E-state index contributed by atoms with van der Waals surface area (Å²) in [6.07, 6.45) is 8.13. The number of pyridine rings is 1. The van der Waals surface area contributed by atoms with E-state index in [-0.39, 0.29) is 17.4 Å². The molecule has 41 heavy (non-hydrogen) atoms. The molecule has 1 fully saturated rings. The molecule has 1 aliphatic rings. The second-order valence-electron chi connectivity index (χ2n) is 10.1. The number of carbonyl (C=O) groups is 1. The molecule has 0 bridgehead atoms. The minimum absolute atomic E-state index is 0.157. The number of imidazole rings is 1. The van der Waals surface area contributed by atoms with Crippen LogP contribution in [0.5, 0.6) is 0 Å². The average Bonchev–Trinajstić information content (AvgIpc) is 3.71. The minimum Gasteiger partial charge on any atom is -0.385 e. The molecule has 0 unspecified atom stereocenters. The Kier molecular flexibility index (Phi) is 8.67. The number of carbonyl (C=O) groups excluding carboxylic acids is 1. The molecule has 0 atom stereocenters. The van der Waals surface area contributed by atoms with Gasteiger partial charge < -0.3 is 18.7 Å². The van der Waals surface area contributed by atoms with Crippen LogP contribution in [0.1, 0.15) is 37.3 Å². The van der Waals surface area contributed by atoms with Gasteiger partial charge in [-0.15, -0.1) is 0 Å². The Morgan fingerprint density at radius 1 is 1.05 bits per heavy atom. The van der Waals surface area contributed by atoms with Gasteiger partial charge in [-0.3, -0.25) is 4.90 Å². The Labute approximate surface area is 240 Å². The Morgan fingerprint density at radius 2 is 1.78 bits per heavy atom. The third-order valence-electron chi connectivity index (χ3n) is 7.62. The van der Waals surface area contributed by atoms with Crippen molar-refractivity contribution in [3.63, 3.8) is 0 Å². The van der Waals surface area contributed by atoms with Gasteiger partial charge in [0.25, 0.3) is 10.0 Å². The van der Waals surface area contributed by atoms with Crippen LogP contribution in [0.25, 0.3) is 22.1 Å². The summed E-state index contributed by atoms with van der Waals surface area (Å²) in [5.41, 5.74) is 3.15. The molecular formula is C30H36N6O4S. The molecular weight excluding hydrogens is 540 g/mol. The number of rotatable bonds is 8. The van der Waals surface area contributed by atoms with E-state index in [1.165, 1.54) is 9.67 Å². The molecule has 5 heterocycles. The van der Waals surface area contributed by atoms with E-state index in [0.717, 1.165) is 50.9 Å². The van der Waals surface area contributed by atoms with E-state index >= 15 is 0 Å². The number of likely N-dealkylation sites (tertiary alicyclic amines) is 1. The molecule has 0 radical (unpaired) electrons. The molecule has 1 saturated heterocycles. The lowest BCUT2D eigenvalue weighted by Crippen LogP contribution is -2.35. The van der Waals surface area contributed by atoms with Gasteiger partial charge in [-0.2, -0.15) is 0 Å². The first-order valence-electron chi connectivity index (χ1n) is 13.8. The highest BCUT2D eigenvalue weighted by Gasteiger charge is 2.28. The van der Waals surface area contributed by atoms with E-state index in [0.29, 0.717) is 22.4 Å². The number of nitrogens with zero attached hydrogens (tertiary/aromatic N) is 6. The lowest BCUT2D eigenvalue weighted by atomic mass is 10.0. The van der Waals surface area contributed by atoms with Crippen molar-refractivity contribution < 1.29 is 17.9 Å². The van der Waals surface area contributed by atoms with Gasteiger partial charge in [0.1, 0.15) is 17.6 Å². The molecule has 6 rings (SSSR count). The molecule has 1 aliphatic heterocycles. The minimum atomic E-state index is -3.81. The van der Waals surface area contributed by atoms with Crippen LogP contribution in [0, 0.1) is 0 Å². The summed E-state index contributed by atoms with van der Waals surface area (Å²) >= 11 is 0. The first-order valence-corrected chi connectivity index (χ1v) is 15.3. The van der Waals surface area contributed by atoms with E-state index in [1.54, 1.807) is 55.9 Å². The van der Waals surface area contributed by atoms with Crippen molar-refractivity contribution in [3.05, 3.63) is 78.6 Å². The van der Waals surface area contributed by atoms with Crippen LogP contribution in [0.4, 0.5) is 0 Å². The maximum atomic E-state index is 13.4. The molecule has 4 aromatic heterocycles. The molecule has 1 aromatic carbocycles. The van der Waals surface area contributed by atoms with E-state index in [1.807, 2.05) is 6.92 Å². The SMILES string of the molecule is CCOC.Cn1cccc1CN1CCC(n2c(CC=O)nc3cnc4c(ccn4S(=O)(=O)c4ccccc4)c32)CC1. The van der Waals surface area contributed by atoms with E-state index in [9.17, 15) is 13.2 Å². The first kappa shape index (κ1) is 28.7. The number of hydrogen-bond acceptors (Lipinski definition) is 7. The average molecular weight is 577 g/mol. The van der Waals surface area contributed by atoms with Gasteiger partial charge in [-0.1, -0.05) is 18.2 Å². The fourth-order valence-corrected chi connectivity index (χ4v) is 6.76. The topological polar surface area (TPSA) is 104 Å². The van der Waals surface area contributed by atoms with Gasteiger partial charge in [-0.05, 0) is 50.1 Å². The fourth-order valence-electron chi connectivity index (χ4n) is 5.43. The quantitative estimate of drug-likeness (QED) is 0.255. The number of piperidine rings is 1. The predicted octanol–water partition coefficient (Wildman–Crippen LogP) is 4.19. The lowest BCUT2D eigenvalue weighted by Gasteiger charge is -2.33. The summed E-state index contributed by atoms with van der Waals surface area (Å²) in [6, 6.07) is 14.5. The highest BCUT2D eigenvalue weighted by Crippen LogP contribution is 2.34. The van der Waals surface area contributed by atoms with Gasteiger partial charge in [0.05, 0.1) is 23.0 Å². The zero-order valence-electron chi connectivity index (χ0n) is 23.7. The fraction of sp³-hybridized carbons (Fsp3) is 0.367. The summed E-state index contributed by atoms with van der Waals surface area (Å²) in [6.45, 7) is 5.53. The zero-order chi connectivity index (χ0) is 29.0. The summed E-state index contributed by atoms with van der Waals surface area (Å²) in [7, 11) is -0.0633. The highest BCUT2D eigenvalue weighted by molar-refractivity contribution is 7.90. The molecule has 0 saturated carbocycles. The highest BCUT2D eigenvalue weighted by atomic mass is 32.2. The van der Waals surface area contributed by atoms with Crippen molar-refractivity contribution in [1.82, 2.24) is 28.0 Å². The monoisotopic (exact) mass is 576 g/mol. The summed E-state index contributed by atoms with van der Waals surface area (Å²) < 4.78 is 36.8. The van der Waals surface area contributed by atoms with Crippen molar-refractivity contribution in [2.75, 3.05) is 26.8 Å². The van der Waals surface area contributed by atoms with Gasteiger partial charge >= 0.3 is 0 Å². The van der Waals surface area contributed by atoms with Crippen LogP contribution >= 0.6 is 0 Å². The zero-order valence-corrected chi connectivity index (χ0v) is 24.5. The van der Waals surface area contributed by atoms with Gasteiger partial charge in [0.15, 0.2) is 5.65 Å². The Hall–Kier alpha value is -3.80. The van der Waals surface area contributed by atoms with Crippen molar-refractivity contribution in [2.24, 2.45) is 7.05 Å². The molecule has 216 valence electrons. The van der Waals surface area contributed by atoms with Crippen LogP contribution in [0.15, 0.2) is 72.0 Å². The molecule has 11 heteroatoms. The largest absolute Gasteiger partial charge is 0.385 e. The molecule has 0 aliphatic carbocycles. The Morgan fingerprint density at radius 3 is 2.41 bits per heavy atom. The maximum absolute atomic E-state index is 13.4. The number of fused-ring (bicyclic) bond motifs is 3. The summed E-state index contributed by atoms with van der Waals surface area (Å²) in [5.74, 6) is 0.693. The Balaban J connectivity index is 0.000000794. The number of aldehydes is 1. The van der Waals surface area contributed by atoms with Gasteiger partial charge in [-0.25, -0.2) is 22.4 Å². The molecule has 5 aromatic rings. The van der Waals surface area contributed by atoms with Crippen LogP contribution in [0.2, 0.25) is 0 Å². The number of methoxy groups -OCH3 is 1. The summed E-state index contributed by atoms with van der Waals surface area (Å²) in [4.78, 5) is 23.4. The van der Waals surface area contributed by atoms with E-state index in [2.05, 4.69) is 49.1 Å². The standard InChI is InChI=1S/C27H28N6O3S.C3H8O/c1-30-13-5-6-21(30)19-31-14-9-20(10-15-31)33-25(12-17-34)29-24-18-28-27-23(26(24)33)11-16-32(27)37(35,36)22-7-3-2-4-8-22;1-3-4-2/h2-8,11,13,16-18,20H,9-10,12,14-15,19H2,1H3;3H2,1-2H3. The number of hydrogen-bond donors (Lipinski definition) is 0. The third-order valence-corrected chi connectivity index (χ3v) is 9.30. The van der Waals surface area contributed by atoms with Crippen LogP contribution in [-0.4, -0.2) is 69.5 Å². The second kappa shape index (κ2) is 12.4. The normalized spacial score (nSPS) is 14.8.